The molecule has 0 saturated heterocycles. The second-order valence-electron chi connectivity index (χ2n) is 7.16. The standard InChI is InChI=1S/C21H27N3O2S/c1-14-8-16(11-23(3)21(14)25)18-9-17(13-27-5)19(24(4)22-2)10-20(18)26-12-15-6-7-15/h8-11,15H,2,6-7,12-13H2,1,3-5H3. The molecule has 1 saturated carbocycles. The minimum absolute atomic E-state index is 0.0238. The van der Waals surface area contributed by atoms with Gasteiger partial charge in [0.2, 0.25) is 0 Å². The Morgan fingerprint density at radius 2 is 2.11 bits per heavy atom. The lowest BCUT2D eigenvalue weighted by Gasteiger charge is -2.21. The number of thioether (sulfide) groups is 1. The number of hydrogen-bond donors (Lipinski definition) is 0. The van der Waals surface area contributed by atoms with Crippen molar-refractivity contribution in [1.29, 1.82) is 0 Å². The van der Waals surface area contributed by atoms with Crippen molar-refractivity contribution >= 4 is 24.2 Å². The fourth-order valence-electron chi connectivity index (χ4n) is 3.12. The third-order valence-corrected chi connectivity index (χ3v) is 5.49. The second-order valence-corrected chi connectivity index (χ2v) is 8.02. The molecule has 0 spiro atoms. The SMILES string of the molecule is C=NN(C)c1cc(OCC2CC2)c(-c2cc(C)c(=O)n(C)c2)cc1CSC. The number of hydrogen-bond acceptors (Lipinski definition) is 5. The van der Waals surface area contributed by atoms with Crippen molar-refractivity contribution in [3.05, 3.63) is 45.9 Å². The molecule has 1 heterocycles. The summed E-state index contributed by atoms with van der Waals surface area (Å²) in [5.74, 6) is 2.34. The number of ether oxygens (including phenoxy) is 1. The summed E-state index contributed by atoms with van der Waals surface area (Å²) in [5.41, 5.74) is 4.91. The van der Waals surface area contributed by atoms with E-state index in [2.05, 4.69) is 30.2 Å². The molecule has 0 aliphatic heterocycles. The summed E-state index contributed by atoms with van der Waals surface area (Å²) in [6.07, 6.45) is 6.44. The van der Waals surface area contributed by atoms with Gasteiger partial charge in [0.15, 0.2) is 0 Å². The monoisotopic (exact) mass is 385 g/mol. The van der Waals surface area contributed by atoms with E-state index >= 15 is 0 Å². The molecule has 1 aliphatic carbocycles. The van der Waals surface area contributed by atoms with E-state index in [4.69, 9.17) is 4.74 Å². The zero-order chi connectivity index (χ0) is 19.6. The molecule has 0 atom stereocenters. The average molecular weight is 386 g/mol. The number of aryl methyl sites for hydroxylation is 2. The molecule has 1 fully saturated rings. The van der Waals surface area contributed by atoms with Crippen molar-refractivity contribution in [3.63, 3.8) is 0 Å². The maximum absolute atomic E-state index is 12.1. The molecular weight excluding hydrogens is 358 g/mol. The van der Waals surface area contributed by atoms with Gasteiger partial charge in [0, 0.05) is 55.5 Å². The molecule has 27 heavy (non-hydrogen) atoms. The highest BCUT2D eigenvalue weighted by Crippen LogP contribution is 2.39. The number of anilines is 1. The molecule has 1 aromatic heterocycles. The zero-order valence-electron chi connectivity index (χ0n) is 16.5. The van der Waals surface area contributed by atoms with E-state index in [9.17, 15) is 4.79 Å². The molecule has 144 valence electrons. The van der Waals surface area contributed by atoms with Gasteiger partial charge in [-0.25, -0.2) is 0 Å². The van der Waals surface area contributed by atoms with Crippen LogP contribution < -0.4 is 15.3 Å². The van der Waals surface area contributed by atoms with Gasteiger partial charge in [-0.3, -0.25) is 9.80 Å². The lowest BCUT2D eigenvalue weighted by atomic mass is 10.0. The first-order valence-electron chi connectivity index (χ1n) is 9.11. The number of aromatic nitrogens is 1. The van der Waals surface area contributed by atoms with Gasteiger partial charge in [0.05, 0.1) is 12.3 Å². The van der Waals surface area contributed by atoms with Crippen molar-refractivity contribution in [3.8, 4) is 16.9 Å². The number of hydrazone groups is 1. The van der Waals surface area contributed by atoms with Gasteiger partial charge < -0.3 is 9.30 Å². The summed E-state index contributed by atoms with van der Waals surface area (Å²) in [6, 6.07) is 6.16. The largest absolute Gasteiger partial charge is 0.493 e. The van der Waals surface area contributed by atoms with Crippen LogP contribution in [-0.2, 0) is 12.8 Å². The zero-order valence-corrected chi connectivity index (χ0v) is 17.3. The molecule has 5 nitrogen and oxygen atoms in total. The van der Waals surface area contributed by atoms with E-state index in [0.29, 0.717) is 5.92 Å². The summed E-state index contributed by atoms with van der Waals surface area (Å²) in [4.78, 5) is 12.1. The Bertz CT molecular complexity index is 877. The summed E-state index contributed by atoms with van der Waals surface area (Å²) < 4.78 is 7.84. The molecule has 0 N–H and O–H groups in total. The fraction of sp³-hybridized carbons (Fsp3) is 0.429. The average Bonchev–Trinajstić information content (AvgIpc) is 3.48. The van der Waals surface area contributed by atoms with Gasteiger partial charge in [0.25, 0.3) is 5.56 Å². The molecule has 0 bridgehead atoms. The maximum Gasteiger partial charge on any atom is 0.253 e. The Morgan fingerprint density at radius 1 is 1.37 bits per heavy atom. The van der Waals surface area contributed by atoms with Crippen LogP contribution in [0.25, 0.3) is 11.1 Å². The lowest BCUT2D eigenvalue weighted by molar-refractivity contribution is 0.301. The first-order valence-corrected chi connectivity index (χ1v) is 10.5. The van der Waals surface area contributed by atoms with E-state index in [1.165, 1.54) is 12.8 Å². The molecule has 0 unspecified atom stereocenters. The second kappa shape index (κ2) is 8.21. The fourth-order valence-corrected chi connectivity index (χ4v) is 3.67. The first-order chi connectivity index (χ1) is 12.9. The minimum Gasteiger partial charge on any atom is -0.493 e. The topological polar surface area (TPSA) is 46.8 Å². The Balaban J connectivity index is 2.15. The van der Waals surface area contributed by atoms with Crippen molar-refractivity contribution in [1.82, 2.24) is 4.57 Å². The Hall–Kier alpha value is -2.21. The summed E-state index contributed by atoms with van der Waals surface area (Å²) in [5, 5.41) is 5.85. The predicted octanol–water partition coefficient (Wildman–Crippen LogP) is 4.06. The molecular formula is C21H27N3O2S. The first kappa shape index (κ1) is 19.5. The molecule has 6 heteroatoms. The smallest absolute Gasteiger partial charge is 0.253 e. The van der Waals surface area contributed by atoms with Crippen LogP contribution in [0.2, 0.25) is 0 Å². The van der Waals surface area contributed by atoms with Gasteiger partial charge >= 0.3 is 0 Å². The van der Waals surface area contributed by atoms with E-state index in [1.807, 2.05) is 26.2 Å². The molecule has 1 aliphatic rings. The Kier molecular flexibility index (Phi) is 5.95. The third kappa shape index (κ3) is 4.38. The Morgan fingerprint density at radius 3 is 2.70 bits per heavy atom. The normalized spacial score (nSPS) is 13.5. The van der Waals surface area contributed by atoms with E-state index in [-0.39, 0.29) is 5.56 Å². The molecule has 0 radical (unpaired) electrons. The Labute approximate surface area is 165 Å². The van der Waals surface area contributed by atoms with Gasteiger partial charge in [0.1, 0.15) is 5.75 Å². The number of nitrogens with zero attached hydrogens (tertiary/aromatic N) is 3. The highest BCUT2D eigenvalue weighted by Gasteiger charge is 2.23. The number of benzene rings is 1. The van der Waals surface area contributed by atoms with Crippen molar-refractivity contribution in [2.24, 2.45) is 18.1 Å². The predicted molar refractivity (Wildman–Crippen MR) is 115 cm³/mol. The van der Waals surface area contributed by atoms with Crippen LogP contribution in [0.1, 0.15) is 24.0 Å². The van der Waals surface area contributed by atoms with E-state index in [1.54, 1.807) is 28.4 Å². The van der Waals surface area contributed by atoms with Crippen molar-refractivity contribution in [2.75, 3.05) is 24.9 Å². The number of rotatable bonds is 8. The van der Waals surface area contributed by atoms with Crippen LogP contribution in [0.15, 0.2) is 34.3 Å². The van der Waals surface area contributed by atoms with E-state index in [0.717, 1.165) is 46.1 Å². The van der Waals surface area contributed by atoms with Crippen LogP contribution in [0.4, 0.5) is 5.69 Å². The minimum atomic E-state index is 0.0238. The van der Waals surface area contributed by atoms with Crippen LogP contribution in [-0.4, -0.2) is 31.2 Å². The van der Waals surface area contributed by atoms with Crippen molar-refractivity contribution < 1.29 is 4.74 Å². The quantitative estimate of drug-likeness (QED) is 0.508. The highest BCUT2D eigenvalue weighted by molar-refractivity contribution is 7.97. The van der Waals surface area contributed by atoms with Crippen LogP contribution in [0, 0.1) is 12.8 Å². The lowest BCUT2D eigenvalue weighted by Crippen LogP contribution is -2.18. The van der Waals surface area contributed by atoms with Gasteiger partial charge in [-0.2, -0.15) is 16.9 Å². The molecule has 0 amide bonds. The summed E-state index contributed by atoms with van der Waals surface area (Å²) >= 11 is 1.76. The summed E-state index contributed by atoms with van der Waals surface area (Å²) in [6.45, 7) is 6.23. The number of pyridine rings is 1. The molecule has 3 rings (SSSR count). The van der Waals surface area contributed by atoms with E-state index < -0.39 is 0 Å². The third-order valence-electron chi connectivity index (χ3n) is 4.89. The van der Waals surface area contributed by atoms with Gasteiger partial charge in [-0.05, 0) is 49.6 Å². The summed E-state index contributed by atoms with van der Waals surface area (Å²) in [7, 11) is 3.68. The van der Waals surface area contributed by atoms with Gasteiger partial charge in [-0.15, -0.1) is 0 Å². The molecule has 2 aromatic rings. The van der Waals surface area contributed by atoms with Crippen LogP contribution in [0.5, 0.6) is 5.75 Å². The van der Waals surface area contributed by atoms with Crippen molar-refractivity contribution in [2.45, 2.75) is 25.5 Å². The maximum atomic E-state index is 12.1. The van der Waals surface area contributed by atoms with Crippen LogP contribution in [0.3, 0.4) is 0 Å². The molecule has 1 aromatic carbocycles. The van der Waals surface area contributed by atoms with Gasteiger partial charge in [-0.1, -0.05) is 0 Å². The highest BCUT2D eigenvalue weighted by atomic mass is 32.2. The van der Waals surface area contributed by atoms with Crippen LogP contribution >= 0.6 is 11.8 Å².